The highest BCUT2D eigenvalue weighted by Crippen LogP contribution is 2.36. The number of carbonyl (C=O) groups is 1. The average Bonchev–Trinajstić information content (AvgIpc) is 2.56. The van der Waals surface area contributed by atoms with Gasteiger partial charge in [-0.3, -0.25) is 0 Å². The molecule has 0 atom stereocenters. The molecule has 1 fully saturated rings. The van der Waals surface area contributed by atoms with Gasteiger partial charge in [0.05, 0.1) is 11.2 Å². The normalized spacial score (nSPS) is 19.9. The molecule has 0 unspecified atom stereocenters. The Balaban J connectivity index is 2.06. The number of hydrogen-bond donors (Lipinski definition) is 1. The van der Waals surface area contributed by atoms with Gasteiger partial charge >= 0.3 is 13.2 Å². The first-order chi connectivity index (χ1) is 9.21. The number of primary amides is 1. The van der Waals surface area contributed by atoms with Crippen LogP contribution in [0.5, 0.6) is 0 Å². The van der Waals surface area contributed by atoms with Gasteiger partial charge in [-0.15, -0.1) is 0 Å². The van der Waals surface area contributed by atoms with Gasteiger partial charge in [-0.05, 0) is 27.7 Å². The van der Waals surface area contributed by atoms with E-state index in [4.69, 9.17) is 15.0 Å². The fraction of sp³-hybridized carbons (Fsp3) is 0.583. The van der Waals surface area contributed by atoms with Crippen LogP contribution in [0.4, 0.5) is 4.79 Å². The predicted molar refractivity (Wildman–Crippen MR) is 72.1 cm³/mol. The first-order valence-electron chi connectivity index (χ1n) is 6.30. The zero-order valence-corrected chi connectivity index (χ0v) is 12.0. The number of ether oxygens (including phenoxy) is 1. The van der Waals surface area contributed by atoms with Crippen LogP contribution in [0.1, 0.15) is 33.5 Å². The molecule has 0 aromatic carbocycles. The minimum atomic E-state index is -0.858. The molecule has 0 radical (unpaired) electrons. The van der Waals surface area contributed by atoms with Gasteiger partial charge in [-0.2, -0.15) is 0 Å². The smallest absolute Gasteiger partial charge is 0.441 e. The van der Waals surface area contributed by atoms with Crippen molar-refractivity contribution in [3.05, 3.63) is 18.2 Å². The molecule has 0 aliphatic carbocycles. The van der Waals surface area contributed by atoms with Crippen molar-refractivity contribution in [3.63, 3.8) is 0 Å². The van der Waals surface area contributed by atoms with Crippen molar-refractivity contribution in [3.8, 4) is 0 Å². The van der Waals surface area contributed by atoms with E-state index >= 15 is 0 Å². The van der Waals surface area contributed by atoms with Crippen LogP contribution < -0.4 is 11.2 Å². The molecule has 2 rings (SSSR count). The minimum Gasteiger partial charge on any atom is -0.441 e. The molecule has 1 amide bonds. The number of hydrogen-bond acceptors (Lipinski definition) is 6. The summed E-state index contributed by atoms with van der Waals surface area (Å²) in [5.74, 6) is 0.365. The van der Waals surface area contributed by atoms with E-state index in [1.165, 1.54) is 0 Å². The molecule has 2 heterocycles. The lowest BCUT2D eigenvalue weighted by molar-refractivity contribution is 0.00578. The molecule has 20 heavy (non-hydrogen) atoms. The summed E-state index contributed by atoms with van der Waals surface area (Å²) in [6.45, 7) is 7.84. The fourth-order valence-electron chi connectivity index (χ4n) is 1.68. The third-order valence-electron chi connectivity index (χ3n) is 3.59. The molecule has 0 spiro atoms. The molecule has 1 aromatic rings. The molecular weight excluding hydrogens is 261 g/mol. The molecule has 2 N–H and O–H groups in total. The Labute approximate surface area is 118 Å². The molecule has 0 bridgehead atoms. The van der Waals surface area contributed by atoms with Crippen molar-refractivity contribution in [1.29, 1.82) is 0 Å². The third kappa shape index (κ3) is 2.91. The van der Waals surface area contributed by atoms with Crippen LogP contribution in [0, 0.1) is 0 Å². The Morgan fingerprint density at radius 1 is 1.25 bits per heavy atom. The van der Waals surface area contributed by atoms with E-state index < -0.39 is 24.4 Å². The lowest BCUT2D eigenvalue weighted by Crippen LogP contribution is -2.41. The van der Waals surface area contributed by atoms with E-state index in [1.807, 2.05) is 27.7 Å². The van der Waals surface area contributed by atoms with E-state index in [-0.39, 0.29) is 6.61 Å². The molecule has 8 heteroatoms. The van der Waals surface area contributed by atoms with E-state index in [0.717, 1.165) is 0 Å². The van der Waals surface area contributed by atoms with Gasteiger partial charge in [-0.25, -0.2) is 14.8 Å². The second-order valence-corrected chi connectivity index (χ2v) is 5.63. The zero-order valence-electron chi connectivity index (χ0n) is 12.0. The number of nitrogens with two attached hydrogens (primary N) is 1. The van der Waals surface area contributed by atoms with E-state index in [2.05, 4.69) is 14.7 Å². The van der Waals surface area contributed by atoms with Crippen molar-refractivity contribution in [2.24, 2.45) is 5.73 Å². The van der Waals surface area contributed by atoms with E-state index in [1.54, 1.807) is 12.4 Å². The van der Waals surface area contributed by atoms with Crippen LogP contribution >= 0.6 is 0 Å². The number of nitrogens with zero attached hydrogens (tertiary/aromatic N) is 2. The van der Waals surface area contributed by atoms with Crippen LogP contribution in [0.15, 0.2) is 12.4 Å². The van der Waals surface area contributed by atoms with E-state index in [0.29, 0.717) is 11.3 Å². The number of amides is 1. The van der Waals surface area contributed by atoms with Crippen molar-refractivity contribution >= 4 is 18.7 Å². The Morgan fingerprint density at radius 3 is 2.20 bits per heavy atom. The van der Waals surface area contributed by atoms with Crippen LogP contribution in [0.25, 0.3) is 0 Å². The molecule has 1 aliphatic heterocycles. The lowest BCUT2D eigenvalue weighted by atomic mass is 9.81. The largest absolute Gasteiger partial charge is 0.498 e. The fourth-order valence-corrected chi connectivity index (χ4v) is 1.68. The van der Waals surface area contributed by atoms with Crippen molar-refractivity contribution in [1.82, 2.24) is 9.97 Å². The standard InChI is InChI=1S/C12H18BN3O4/c1-11(2)12(3,4)20-13(19-11)8-5-15-9(16-6-8)7-18-10(14)17/h5-6H,7H2,1-4H3,(H2,14,17). The predicted octanol–water partition coefficient (Wildman–Crippen LogP) is 0.371. The average molecular weight is 279 g/mol. The first kappa shape index (κ1) is 14.7. The molecule has 1 aliphatic rings. The van der Waals surface area contributed by atoms with Crippen molar-refractivity contribution in [2.75, 3.05) is 0 Å². The Hall–Kier alpha value is -1.67. The monoisotopic (exact) mass is 279 g/mol. The highest BCUT2D eigenvalue weighted by atomic mass is 16.7. The summed E-state index contributed by atoms with van der Waals surface area (Å²) < 4.78 is 16.4. The van der Waals surface area contributed by atoms with Crippen molar-refractivity contribution in [2.45, 2.75) is 45.5 Å². The summed E-state index contributed by atoms with van der Waals surface area (Å²) in [5, 5.41) is 0. The summed E-state index contributed by atoms with van der Waals surface area (Å²) in [6.07, 6.45) is 2.33. The quantitative estimate of drug-likeness (QED) is 0.803. The SMILES string of the molecule is CC1(C)OB(c2cnc(COC(N)=O)nc2)OC1(C)C. The second-order valence-electron chi connectivity index (χ2n) is 5.63. The minimum absolute atomic E-state index is 0.0566. The Kier molecular flexibility index (Phi) is 3.70. The molecule has 1 saturated heterocycles. The van der Waals surface area contributed by atoms with Crippen LogP contribution in [0.2, 0.25) is 0 Å². The second kappa shape index (κ2) is 5.03. The van der Waals surface area contributed by atoms with Gasteiger partial charge in [-0.1, -0.05) is 0 Å². The summed E-state index contributed by atoms with van der Waals surface area (Å²) >= 11 is 0. The molecule has 0 saturated carbocycles. The van der Waals surface area contributed by atoms with E-state index in [9.17, 15) is 4.79 Å². The summed E-state index contributed by atoms with van der Waals surface area (Å²) in [6, 6.07) is 0. The zero-order chi connectivity index (χ0) is 15.0. The van der Waals surface area contributed by atoms with Crippen LogP contribution in [-0.4, -0.2) is 34.4 Å². The maximum absolute atomic E-state index is 10.5. The summed E-state index contributed by atoms with van der Waals surface area (Å²) in [5.41, 5.74) is 4.76. The van der Waals surface area contributed by atoms with Crippen LogP contribution in [0.3, 0.4) is 0 Å². The maximum Gasteiger partial charge on any atom is 0.498 e. The number of rotatable bonds is 3. The molecular formula is C12H18BN3O4. The Morgan fingerprint density at radius 2 is 1.75 bits per heavy atom. The Bertz CT molecular complexity index is 488. The van der Waals surface area contributed by atoms with Gasteiger partial charge in [0.1, 0.15) is 0 Å². The maximum atomic E-state index is 10.5. The number of aromatic nitrogens is 2. The van der Waals surface area contributed by atoms with Gasteiger partial charge in [0.25, 0.3) is 0 Å². The topological polar surface area (TPSA) is 96.6 Å². The van der Waals surface area contributed by atoms with Gasteiger partial charge in [0.15, 0.2) is 12.4 Å². The van der Waals surface area contributed by atoms with Gasteiger partial charge in [0.2, 0.25) is 0 Å². The van der Waals surface area contributed by atoms with Gasteiger partial charge in [0, 0.05) is 17.9 Å². The number of carbonyl (C=O) groups excluding carboxylic acids is 1. The summed E-state index contributed by atoms with van der Waals surface area (Å²) in [7, 11) is -0.508. The lowest BCUT2D eigenvalue weighted by Gasteiger charge is -2.32. The van der Waals surface area contributed by atoms with Crippen molar-refractivity contribution < 1.29 is 18.8 Å². The highest BCUT2D eigenvalue weighted by Gasteiger charge is 2.51. The highest BCUT2D eigenvalue weighted by molar-refractivity contribution is 6.61. The third-order valence-corrected chi connectivity index (χ3v) is 3.59. The van der Waals surface area contributed by atoms with Gasteiger partial charge < -0.3 is 19.8 Å². The first-order valence-corrected chi connectivity index (χ1v) is 6.30. The molecule has 1 aromatic heterocycles. The van der Waals surface area contributed by atoms with Crippen LogP contribution in [-0.2, 0) is 20.7 Å². The molecule has 7 nitrogen and oxygen atoms in total. The summed E-state index contributed by atoms with van der Waals surface area (Å²) in [4.78, 5) is 18.7. The molecule has 108 valence electrons.